The molecule has 1 aliphatic heterocycles. The standard InChI is InChI=1S/C13H15NO3/c1-9-7-11(14-12(9)15)13(16)17-8-10-5-3-2-4-6-10/h2-6,9,11H,7-8H2,1H3,(H,14,15)/t9?,11-/m0/s1. The Hall–Kier alpha value is -1.84. The van der Waals surface area contributed by atoms with Gasteiger partial charge in [-0.25, -0.2) is 4.79 Å². The summed E-state index contributed by atoms with van der Waals surface area (Å²) in [4.78, 5) is 22.9. The van der Waals surface area contributed by atoms with Crippen molar-refractivity contribution in [2.75, 3.05) is 0 Å². The van der Waals surface area contributed by atoms with Gasteiger partial charge >= 0.3 is 5.97 Å². The molecule has 17 heavy (non-hydrogen) atoms. The summed E-state index contributed by atoms with van der Waals surface area (Å²) in [7, 11) is 0. The molecule has 2 atom stereocenters. The van der Waals surface area contributed by atoms with Gasteiger partial charge < -0.3 is 10.1 Å². The number of carbonyl (C=O) groups excluding carboxylic acids is 2. The number of benzene rings is 1. The SMILES string of the molecule is CC1C[C@@H](C(=O)OCc2ccccc2)NC1=O. The van der Waals surface area contributed by atoms with Crippen LogP contribution >= 0.6 is 0 Å². The Bertz CT molecular complexity index is 416. The lowest BCUT2D eigenvalue weighted by molar-refractivity contribution is -0.147. The minimum Gasteiger partial charge on any atom is -0.459 e. The van der Waals surface area contributed by atoms with Gasteiger partial charge in [0.2, 0.25) is 5.91 Å². The van der Waals surface area contributed by atoms with Crippen LogP contribution < -0.4 is 5.32 Å². The fourth-order valence-electron chi connectivity index (χ4n) is 1.82. The lowest BCUT2D eigenvalue weighted by atomic mass is 10.1. The van der Waals surface area contributed by atoms with Gasteiger partial charge in [0.25, 0.3) is 0 Å². The topological polar surface area (TPSA) is 55.4 Å². The highest BCUT2D eigenvalue weighted by Gasteiger charge is 2.34. The van der Waals surface area contributed by atoms with Gasteiger partial charge in [-0.3, -0.25) is 4.79 Å². The van der Waals surface area contributed by atoms with Crippen LogP contribution in [0.15, 0.2) is 30.3 Å². The van der Waals surface area contributed by atoms with E-state index in [1.165, 1.54) is 0 Å². The number of ether oxygens (including phenoxy) is 1. The summed E-state index contributed by atoms with van der Waals surface area (Å²) in [6.45, 7) is 2.06. The molecule has 0 aromatic heterocycles. The van der Waals surface area contributed by atoms with Crippen LogP contribution in [-0.4, -0.2) is 17.9 Å². The Morgan fingerprint density at radius 3 is 2.71 bits per heavy atom. The third-order valence-corrected chi connectivity index (χ3v) is 2.86. The van der Waals surface area contributed by atoms with E-state index in [1.807, 2.05) is 30.3 Å². The van der Waals surface area contributed by atoms with Crippen LogP contribution in [0.3, 0.4) is 0 Å². The normalized spacial score (nSPS) is 23.2. The first-order chi connectivity index (χ1) is 8.16. The van der Waals surface area contributed by atoms with Crippen LogP contribution in [0.4, 0.5) is 0 Å². The molecule has 90 valence electrons. The Balaban J connectivity index is 1.84. The summed E-state index contributed by atoms with van der Waals surface area (Å²) < 4.78 is 5.16. The predicted octanol–water partition coefficient (Wildman–Crippen LogP) is 1.25. The maximum absolute atomic E-state index is 11.7. The first-order valence-electron chi connectivity index (χ1n) is 5.68. The third kappa shape index (κ3) is 2.84. The molecule has 1 N–H and O–H groups in total. The lowest BCUT2D eigenvalue weighted by Crippen LogP contribution is -2.34. The highest BCUT2D eigenvalue weighted by atomic mass is 16.5. The van der Waals surface area contributed by atoms with E-state index in [0.29, 0.717) is 6.42 Å². The van der Waals surface area contributed by atoms with Crippen LogP contribution in [0.2, 0.25) is 0 Å². The second-order valence-electron chi connectivity index (χ2n) is 4.29. The van der Waals surface area contributed by atoms with Gasteiger partial charge in [0, 0.05) is 5.92 Å². The van der Waals surface area contributed by atoms with Gasteiger partial charge in [0.05, 0.1) is 0 Å². The van der Waals surface area contributed by atoms with Gasteiger partial charge in [-0.2, -0.15) is 0 Å². The van der Waals surface area contributed by atoms with Gasteiger partial charge in [0.15, 0.2) is 0 Å². The van der Waals surface area contributed by atoms with E-state index < -0.39 is 6.04 Å². The third-order valence-electron chi connectivity index (χ3n) is 2.86. The molecule has 4 nitrogen and oxygen atoms in total. The maximum Gasteiger partial charge on any atom is 0.328 e. The quantitative estimate of drug-likeness (QED) is 0.799. The number of carbonyl (C=O) groups is 2. The van der Waals surface area contributed by atoms with Crippen molar-refractivity contribution in [1.82, 2.24) is 5.32 Å². The van der Waals surface area contributed by atoms with Crippen LogP contribution in [0.1, 0.15) is 18.9 Å². The van der Waals surface area contributed by atoms with Gasteiger partial charge in [0.1, 0.15) is 12.6 Å². The van der Waals surface area contributed by atoms with Crippen molar-refractivity contribution in [3.05, 3.63) is 35.9 Å². The molecular formula is C13H15NO3. The number of nitrogens with one attached hydrogen (secondary N) is 1. The monoisotopic (exact) mass is 233 g/mol. The molecule has 1 saturated heterocycles. The van der Waals surface area contributed by atoms with E-state index >= 15 is 0 Å². The van der Waals surface area contributed by atoms with Crippen LogP contribution in [0, 0.1) is 5.92 Å². The van der Waals surface area contributed by atoms with Crippen molar-refractivity contribution >= 4 is 11.9 Å². The molecule has 2 rings (SSSR count). The lowest BCUT2D eigenvalue weighted by Gasteiger charge is -2.09. The predicted molar refractivity (Wildman–Crippen MR) is 61.9 cm³/mol. The van der Waals surface area contributed by atoms with Crippen molar-refractivity contribution in [2.45, 2.75) is 26.0 Å². The molecule has 0 aliphatic carbocycles. The molecule has 1 heterocycles. The van der Waals surface area contributed by atoms with Crippen LogP contribution in [-0.2, 0) is 20.9 Å². The molecule has 4 heteroatoms. The Kier molecular flexibility index (Phi) is 3.42. The highest BCUT2D eigenvalue weighted by molar-refractivity contribution is 5.89. The van der Waals surface area contributed by atoms with Crippen molar-refractivity contribution < 1.29 is 14.3 Å². The van der Waals surface area contributed by atoms with Crippen LogP contribution in [0.25, 0.3) is 0 Å². The minimum atomic E-state index is -0.485. The average Bonchev–Trinajstić information content (AvgIpc) is 2.68. The molecule has 1 amide bonds. The smallest absolute Gasteiger partial charge is 0.328 e. The summed E-state index contributed by atoms with van der Waals surface area (Å²) >= 11 is 0. The van der Waals surface area contributed by atoms with E-state index in [-0.39, 0.29) is 24.4 Å². The van der Waals surface area contributed by atoms with Gasteiger partial charge in [-0.1, -0.05) is 37.3 Å². The zero-order valence-corrected chi connectivity index (χ0v) is 9.68. The molecule has 1 aromatic rings. The van der Waals surface area contributed by atoms with Crippen molar-refractivity contribution in [1.29, 1.82) is 0 Å². The van der Waals surface area contributed by atoms with Crippen molar-refractivity contribution in [3.63, 3.8) is 0 Å². The van der Waals surface area contributed by atoms with Gasteiger partial charge in [-0.15, -0.1) is 0 Å². The molecule has 1 unspecified atom stereocenters. The Morgan fingerprint density at radius 2 is 2.12 bits per heavy atom. The Labute approximate surface area is 100.0 Å². The molecular weight excluding hydrogens is 218 g/mol. The van der Waals surface area contributed by atoms with E-state index in [4.69, 9.17) is 4.74 Å². The summed E-state index contributed by atoms with van der Waals surface area (Å²) in [5, 5.41) is 2.63. The van der Waals surface area contributed by atoms with E-state index in [9.17, 15) is 9.59 Å². The molecule has 1 aliphatic rings. The number of rotatable bonds is 3. The van der Waals surface area contributed by atoms with E-state index in [1.54, 1.807) is 6.92 Å². The largest absolute Gasteiger partial charge is 0.459 e. The highest BCUT2D eigenvalue weighted by Crippen LogP contribution is 2.15. The summed E-state index contributed by atoms with van der Waals surface area (Å²) in [6, 6.07) is 8.99. The molecule has 1 fully saturated rings. The number of hydrogen-bond acceptors (Lipinski definition) is 3. The molecule has 0 spiro atoms. The zero-order chi connectivity index (χ0) is 12.3. The fraction of sp³-hybridized carbons (Fsp3) is 0.385. The molecule has 0 bridgehead atoms. The second kappa shape index (κ2) is 4.99. The van der Waals surface area contributed by atoms with Crippen LogP contribution in [0.5, 0.6) is 0 Å². The molecule has 0 radical (unpaired) electrons. The van der Waals surface area contributed by atoms with Crippen molar-refractivity contribution in [2.24, 2.45) is 5.92 Å². The number of amides is 1. The average molecular weight is 233 g/mol. The van der Waals surface area contributed by atoms with Crippen molar-refractivity contribution in [3.8, 4) is 0 Å². The summed E-state index contributed by atoms with van der Waals surface area (Å²) in [5.41, 5.74) is 0.943. The first-order valence-corrected chi connectivity index (χ1v) is 5.68. The van der Waals surface area contributed by atoms with Gasteiger partial charge in [-0.05, 0) is 12.0 Å². The maximum atomic E-state index is 11.7. The summed E-state index contributed by atoms with van der Waals surface area (Å²) in [6.07, 6.45) is 0.520. The molecule has 0 saturated carbocycles. The Morgan fingerprint density at radius 1 is 1.41 bits per heavy atom. The van der Waals surface area contributed by atoms with E-state index in [0.717, 1.165) is 5.56 Å². The van der Waals surface area contributed by atoms with E-state index in [2.05, 4.69) is 5.32 Å². The number of esters is 1. The minimum absolute atomic E-state index is 0.0772. The zero-order valence-electron chi connectivity index (χ0n) is 9.68. The molecule has 1 aromatic carbocycles. The second-order valence-corrected chi connectivity index (χ2v) is 4.29. The first kappa shape index (κ1) is 11.6. The fourth-order valence-corrected chi connectivity index (χ4v) is 1.82. The summed E-state index contributed by atoms with van der Waals surface area (Å²) in [5.74, 6) is -0.539. The number of hydrogen-bond donors (Lipinski definition) is 1.